The number of fused-ring (bicyclic) bond motifs is 2. The molecule has 2 aromatic heterocycles. The largest absolute Gasteiger partial charge is 0.494 e. The molecule has 0 atom stereocenters. The zero-order valence-electron chi connectivity index (χ0n) is 23.7. The minimum absolute atomic E-state index is 0.278. The van der Waals surface area contributed by atoms with E-state index in [0.717, 1.165) is 31.6 Å². The van der Waals surface area contributed by atoms with E-state index >= 15 is 0 Å². The Morgan fingerprint density at radius 2 is 1.00 bits per heavy atom. The fraction of sp³-hybridized carbons (Fsp3) is 0.125. The Morgan fingerprint density at radius 3 is 1.37 bits per heavy atom. The van der Waals surface area contributed by atoms with Gasteiger partial charge in [-0.2, -0.15) is 0 Å². The number of nitrogens with zero attached hydrogens (tertiary/aromatic N) is 2. The molecule has 0 radical (unpaired) electrons. The van der Waals surface area contributed by atoms with Crippen LogP contribution in [0.25, 0.3) is 20.4 Å². The Kier molecular flexibility index (Phi) is 7.66. The lowest BCUT2D eigenvalue weighted by atomic mass is 10.2. The average molecular weight is 611 g/mol. The van der Waals surface area contributed by atoms with Crippen LogP contribution in [0.2, 0.25) is 0 Å². The smallest absolute Gasteiger partial charge is 0.257 e. The highest BCUT2D eigenvalue weighted by atomic mass is 32.1. The molecule has 43 heavy (non-hydrogen) atoms. The van der Waals surface area contributed by atoms with Crippen LogP contribution in [0.1, 0.15) is 31.8 Å². The minimum Gasteiger partial charge on any atom is -0.494 e. The number of methoxy groups -OCH3 is 2. The number of carbonyl (C=O) groups is 2. The number of nitrogens with one attached hydrogen (secondary N) is 2. The van der Waals surface area contributed by atoms with Crippen molar-refractivity contribution in [2.75, 3.05) is 24.9 Å². The number of ether oxygens (including phenoxy) is 3. The van der Waals surface area contributed by atoms with Gasteiger partial charge in [0.05, 0.1) is 23.6 Å². The Bertz CT molecular complexity index is 1840. The molecule has 6 rings (SSSR count). The zero-order chi connectivity index (χ0) is 30.1. The molecule has 0 fully saturated rings. The number of anilines is 2. The summed E-state index contributed by atoms with van der Waals surface area (Å²) in [5, 5.41) is 6.73. The van der Waals surface area contributed by atoms with Crippen molar-refractivity contribution in [2.24, 2.45) is 0 Å². The summed E-state index contributed by atoms with van der Waals surface area (Å²) in [5.74, 6) is 1.87. The van der Waals surface area contributed by atoms with Gasteiger partial charge in [0.25, 0.3) is 11.8 Å². The van der Waals surface area contributed by atoms with Crippen molar-refractivity contribution in [1.29, 1.82) is 0 Å². The van der Waals surface area contributed by atoms with Gasteiger partial charge in [-0.1, -0.05) is 34.8 Å². The van der Waals surface area contributed by atoms with E-state index in [9.17, 15) is 9.59 Å². The highest BCUT2D eigenvalue weighted by molar-refractivity contribution is 7.23. The molecule has 0 saturated carbocycles. The summed E-state index contributed by atoms with van der Waals surface area (Å²) < 4.78 is 18.7. The van der Waals surface area contributed by atoms with Gasteiger partial charge in [0.1, 0.15) is 34.0 Å². The van der Waals surface area contributed by atoms with Gasteiger partial charge in [0.15, 0.2) is 10.3 Å². The van der Waals surface area contributed by atoms with E-state index in [2.05, 4.69) is 20.6 Å². The average Bonchev–Trinajstić information content (AvgIpc) is 3.64. The van der Waals surface area contributed by atoms with Crippen LogP contribution in [0.3, 0.4) is 0 Å². The SMILES string of the molecule is COc1ccc(C)c2sc(NC(=O)c3ccc(Oc4ccc(C(=O)Nc5nc6c(OC)ccc(C)c6s5)cc4)cc3)nc12. The molecule has 2 amide bonds. The van der Waals surface area contributed by atoms with Crippen LogP contribution in [0.5, 0.6) is 23.0 Å². The molecule has 0 aliphatic rings. The molecule has 2 N–H and O–H groups in total. The molecule has 0 unspecified atom stereocenters. The lowest BCUT2D eigenvalue weighted by Gasteiger charge is -2.08. The number of hydrogen-bond donors (Lipinski definition) is 2. The predicted molar refractivity (Wildman–Crippen MR) is 171 cm³/mol. The highest BCUT2D eigenvalue weighted by Crippen LogP contribution is 2.36. The second-order valence-corrected chi connectivity index (χ2v) is 11.6. The fourth-order valence-corrected chi connectivity index (χ4v) is 6.37. The summed E-state index contributed by atoms with van der Waals surface area (Å²) in [7, 11) is 3.20. The third kappa shape index (κ3) is 5.72. The van der Waals surface area contributed by atoms with Crippen LogP contribution in [-0.2, 0) is 0 Å². The number of aromatic nitrogens is 2. The summed E-state index contributed by atoms with van der Waals surface area (Å²) in [4.78, 5) is 34.8. The monoisotopic (exact) mass is 610 g/mol. The maximum atomic E-state index is 12.9. The van der Waals surface area contributed by atoms with E-state index in [1.165, 1.54) is 22.7 Å². The van der Waals surface area contributed by atoms with Gasteiger partial charge in [-0.3, -0.25) is 20.2 Å². The molecule has 2 heterocycles. The third-order valence-electron chi connectivity index (χ3n) is 6.76. The summed E-state index contributed by atoms with van der Waals surface area (Å²) in [6.07, 6.45) is 0. The Morgan fingerprint density at radius 1 is 0.605 bits per heavy atom. The molecular weight excluding hydrogens is 585 g/mol. The topological polar surface area (TPSA) is 112 Å². The van der Waals surface area contributed by atoms with Gasteiger partial charge in [0, 0.05) is 11.1 Å². The first-order valence-electron chi connectivity index (χ1n) is 13.2. The van der Waals surface area contributed by atoms with Gasteiger partial charge >= 0.3 is 0 Å². The minimum atomic E-state index is -0.278. The summed E-state index contributed by atoms with van der Waals surface area (Å²) in [5.41, 5.74) is 4.50. The van der Waals surface area contributed by atoms with E-state index in [0.29, 0.717) is 44.4 Å². The van der Waals surface area contributed by atoms with Crippen molar-refractivity contribution in [2.45, 2.75) is 13.8 Å². The van der Waals surface area contributed by atoms with Gasteiger partial charge in [0.2, 0.25) is 0 Å². The molecule has 0 bridgehead atoms. The molecule has 0 aliphatic heterocycles. The maximum absolute atomic E-state index is 12.9. The highest BCUT2D eigenvalue weighted by Gasteiger charge is 2.16. The van der Waals surface area contributed by atoms with Gasteiger partial charge < -0.3 is 14.2 Å². The number of thiazole rings is 2. The number of hydrogen-bond acceptors (Lipinski definition) is 9. The number of carbonyl (C=O) groups excluding carboxylic acids is 2. The number of rotatable bonds is 8. The maximum Gasteiger partial charge on any atom is 0.257 e. The van der Waals surface area contributed by atoms with Crippen LogP contribution >= 0.6 is 22.7 Å². The first kappa shape index (κ1) is 28.1. The van der Waals surface area contributed by atoms with E-state index in [1.54, 1.807) is 62.8 Å². The van der Waals surface area contributed by atoms with Crippen LogP contribution in [-0.4, -0.2) is 36.0 Å². The molecule has 0 spiro atoms. The summed E-state index contributed by atoms with van der Waals surface area (Å²) in [6, 6.07) is 21.2. The molecule has 216 valence electrons. The predicted octanol–water partition coefficient (Wildman–Crippen LogP) is 7.84. The molecule has 0 saturated heterocycles. The van der Waals surface area contributed by atoms with Crippen molar-refractivity contribution in [3.05, 3.63) is 95.1 Å². The molecule has 6 aromatic rings. The molecule has 11 heteroatoms. The quantitative estimate of drug-likeness (QED) is 0.181. The second kappa shape index (κ2) is 11.7. The van der Waals surface area contributed by atoms with Crippen molar-refractivity contribution in [3.63, 3.8) is 0 Å². The number of benzene rings is 4. The molecule has 4 aromatic carbocycles. The van der Waals surface area contributed by atoms with Crippen LogP contribution in [0, 0.1) is 13.8 Å². The van der Waals surface area contributed by atoms with Gasteiger partial charge in [-0.05, 0) is 85.6 Å². The van der Waals surface area contributed by atoms with E-state index < -0.39 is 0 Å². The Balaban J connectivity index is 1.08. The lowest BCUT2D eigenvalue weighted by Crippen LogP contribution is -2.11. The van der Waals surface area contributed by atoms with Crippen molar-refractivity contribution in [1.82, 2.24) is 9.97 Å². The van der Waals surface area contributed by atoms with Crippen molar-refractivity contribution in [3.8, 4) is 23.0 Å². The normalized spacial score (nSPS) is 11.0. The van der Waals surface area contributed by atoms with Crippen LogP contribution < -0.4 is 24.8 Å². The third-order valence-corrected chi connectivity index (χ3v) is 8.97. The molecule has 9 nitrogen and oxygen atoms in total. The lowest BCUT2D eigenvalue weighted by molar-refractivity contribution is 0.101. The number of amides is 2. The standard InChI is InChI=1S/C32H26N4O5S2/c1-17-5-15-23(39-3)25-27(17)42-31(33-25)35-29(37)19-7-11-21(12-8-19)41-22-13-9-20(10-14-22)30(38)36-32-34-26-24(40-4)16-6-18(2)28(26)43-32/h5-16H,1-4H3,(H,33,35,37)(H,34,36,38). The first-order valence-corrected chi connectivity index (χ1v) is 14.8. The number of aryl methyl sites for hydroxylation is 2. The Hall–Kier alpha value is -5.00. The summed E-state index contributed by atoms with van der Waals surface area (Å²) in [6.45, 7) is 3.99. The first-order chi connectivity index (χ1) is 20.8. The van der Waals surface area contributed by atoms with Gasteiger partial charge in [-0.15, -0.1) is 0 Å². The second-order valence-electron chi connectivity index (χ2n) is 9.62. The summed E-state index contributed by atoms with van der Waals surface area (Å²) >= 11 is 2.81. The van der Waals surface area contributed by atoms with E-state index in [-0.39, 0.29) is 11.8 Å². The van der Waals surface area contributed by atoms with Crippen molar-refractivity contribution >= 4 is 65.2 Å². The zero-order valence-corrected chi connectivity index (χ0v) is 25.3. The van der Waals surface area contributed by atoms with Gasteiger partial charge in [-0.25, -0.2) is 9.97 Å². The Labute approximate surface area is 255 Å². The van der Waals surface area contributed by atoms with E-state index in [1.807, 2.05) is 38.1 Å². The fourth-order valence-electron chi connectivity index (χ4n) is 4.48. The molecular formula is C32H26N4O5S2. The van der Waals surface area contributed by atoms with E-state index in [4.69, 9.17) is 14.2 Å². The van der Waals surface area contributed by atoms with Crippen molar-refractivity contribution < 1.29 is 23.8 Å². The van der Waals surface area contributed by atoms with Crippen LogP contribution in [0.15, 0.2) is 72.8 Å². The van der Waals surface area contributed by atoms with Crippen LogP contribution in [0.4, 0.5) is 10.3 Å². The molecule has 0 aliphatic carbocycles.